The molecule has 0 unspecified atom stereocenters. The summed E-state index contributed by atoms with van der Waals surface area (Å²) in [5.41, 5.74) is 0. The molecule has 1 aliphatic rings. The van der Waals surface area contributed by atoms with Gasteiger partial charge in [0.05, 0.1) is 6.42 Å². The van der Waals surface area contributed by atoms with E-state index in [1.165, 1.54) is 0 Å². The largest absolute Gasteiger partial charge is 0.389 e. The van der Waals surface area contributed by atoms with E-state index in [1.54, 1.807) is 4.90 Å². The Labute approximate surface area is 114 Å². The number of amides is 1. The van der Waals surface area contributed by atoms with Crippen molar-refractivity contribution in [1.29, 1.82) is 0 Å². The molecule has 0 aromatic rings. The number of hydrogen-bond acceptors (Lipinski definition) is 1. The third-order valence-electron chi connectivity index (χ3n) is 3.28. The number of nitrogens with zero attached hydrogens (tertiary/aromatic N) is 1. The van der Waals surface area contributed by atoms with Crippen LogP contribution in [0.2, 0.25) is 0 Å². The van der Waals surface area contributed by atoms with Crippen molar-refractivity contribution in [3.05, 3.63) is 0 Å². The van der Waals surface area contributed by atoms with Gasteiger partial charge < -0.3 is 4.90 Å². The molecule has 6 heteroatoms. The summed E-state index contributed by atoms with van der Waals surface area (Å²) in [6.07, 6.45) is -0.552. The summed E-state index contributed by atoms with van der Waals surface area (Å²) >= 11 is 3.26. The molecule has 0 aromatic heterocycles. The van der Waals surface area contributed by atoms with E-state index in [2.05, 4.69) is 15.9 Å². The minimum Gasteiger partial charge on any atom is -0.339 e. The zero-order valence-electron chi connectivity index (χ0n) is 10.3. The number of halogens is 4. The highest BCUT2D eigenvalue weighted by Gasteiger charge is 2.31. The predicted octanol–water partition coefficient (Wildman–Crippen LogP) is 3.89. The van der Waals surface area contributed by atoms with Crippen LogP contribution in [-0.2, 0) is 4.79 Å². The molecule has 0 atom stereocenters. The lowest BCUT2D eigenvalue weighted by Crippen LogP contribution is -2.42. The van der Waals surface area contributed by atoms with Crippen LogP contribution in [-0.4, -0.2) is 34.9 Å². The van der Waals surface area contributed by atoms with Crippen LogP contribution in [0, 0.1) is 0 Å². The molecule has 0 saturated heterocycles. The molecule has 0 aromatic carbocycles. The first-order valence-electron chi connectivity index (χ1n) is 6.36. The number of carbonyl (C=O) groups is 1. The average molecular weight is 330 g/mol. The zero-order chi connectivity index (χ0) is 13.6. The van der Waals surface area contributed by atoms with Gasteiger partial charge in [0.15, 0.2) is 0 Å². The molecule has 0 heterocycles. The van der Waals surface area contributed by atoms with Crippen molar-refractivity contribution < 1.29 is 18.0 Å². The predicted molar refractivity (Wildman–Crippen MR) is 67.7 cm³/mol. The third kappa shape index (κ3) is 5.59. The van der Waals surface area contributed by atoms with Crippen molar-refractivity contribution in [2.24, 2.45) is 0 Å². The molecule has 0 spiro atoms. The summed E-state index contributed by atoms with van der Waals surface area (Å²) in [5.74, 6) is -0.362. The summed E-state index contributed by atoms with van der Waals surface area (Å²) in [5, 5.41) is 0.612. The third-order valence-corrected chi connectivity index (χ3v) is 3.64. The summed E-state index contributed by atoms with van der Waals surface area (Å²) in [4.78, 5) is 13.5. The van der Waals surface area contributed by atoms with E-state index in [0.29, 0.717) is 11.9 Å². The molecule has 1 saturated carbocycles. The normalized spacial score (nSPS) is 17.8. The maximum atomic E-state index is 12.1. The van der Waals surface area contributed by atoms with Crippen LogP contribution >= 0.6 is 15.9 Å². The number of carbonyl (C=O) groups excluding carboxylic acids is 1. The Hall–Kier alpha value is -0.260. The van der Waals surface area contributed by atoms with E-state index >= 15 is 0 Å². The molecule has 0 radical (unpaired) electrons. The SMILES string of the molecule is O=C(CCC(F)(F)F)N(CCBr)C1CCCCC1. The Morgan fingerprint density at radius 1 is 1.22 bits per heavy atom. The zero-order valence-corrected chi connectivity index (χ0v) is 11.9. The van der Waals surface area contributed by atoms with Gasteiger partial charge in [0.25, 0.3) is 0 Å². The summed E-state index contributed by atoms with van der Waals surface area (Å²) < 4.78 is 36.4. The second-order valence-electron chi connectivity index (χ2n) is 4.68. The Morgan fingerprint density at radius 3 is 2.33 bits per heavy atom. The van der Waals surface area contributed by atoms with Crippen LogP contribution in [0.25, 0.3) is 0 Å². The lowest BCUT2D eigenvalue weighted by atomic mass is 9.94. The van der Waals surface area contributed by atoms with E-state index in [4.69, 9.17) is 0 Å². The lowest BCUT2D eigenvalue weighted by molar-refractivity contribution is -0.150. The Bertz CT molecular complexity index is 265. The van der Waals surface area contributed by atoms with E-state index in [-0.39, 0.29) is 11.9 Å². The minimum absolute atomic E-state index is 0.136. The van der Waals surface area contributed by atoms with E-state index in [0.717, 1.165) is 32.1 Å². The summed E-state index contributed by atoms with van der Waals surface area (Å²) in [6, 6.07) is 0.136. The topological polar surface area (TPSA) is 20.3 Å². The molecule has 106 valence electrons. The smallest absolute Gasteiger partial charge is 0.339 e. The van der Waals surface area contributed by atoms with Gasteiger partial charge in [0, 0.05) is 24.3 Å². The molecule has 0 N–H and O–H groups in total. The molecule has 18 heavy (non-hydrogen) atoms. The number of hydrogen-bond donors (Lipinski definition) is 0. The molecule has 0 bridgehead atoms. The molecule has 1 fully saturated rings. The highest BCUT2D eigenvalue weighted by molar-refractivity contribution is 9.09. The van der Waals surface area contributed by atoms with Crippen LogP contribution in [0.1, 0.15) is 44.9 Å². The van der Waals surface area contributed by atoms with Gasteiger partial charge in [-0.15, -0.1) is 0 Å². The van der Waals surface area contributed by atoms with Gasteiger partial charge in [-0.3, -0.25) is 4.79 Å². The van der Waals surface area contributed by atoms with Gasteiger partial charge in [-0.2, -0.15) is 13.2 Å². The highest BCUT2D eigenvalue weighted by atomic mass is 79.9. The van der Waals surface area contributed by atoms with E-state index in [1.807, 2.05) is 0 Å². The van der Waals surface area contributed by atoms with Gasteiger partial charge in [-0.25, -0.2) is 0 Å². The molecule has 1 aliphatic carbocycles. The first-order valence-corrected chi connectivity index (χ1v) is 7.48. The van der Waals surface area contributed by atoms with Gasteiger partial charge >= 0.3 is 6.18 Å². The first kappa shape index (κ1) is 15.8. The second kappa shape index (κ2) is 7.36. The van der Waals surface area contributed by atoms with Crippen molar-refractivity contribution in [3.63, 3.8) is 0 Å². The minimum atomic E-state index is -4.25. The van der Waals surface area contributed by atoms with Crippen molar-refractivity contribution >= 4 is 21.8 Å². The Balaban J connectivity index is 2.51. The fraction of sp³-hybridized carbons (Fsp3) is 0.917. The standard InChI is InChI=1S/C12H19BrF3NO/c13-8-9-17(10-4-2-1-3-5-10)11(18)6-7-12(14,15)16/h10H,1-9H2. The molecule has 1 rings (SSSR count). The summed E-state index contributed by atoms with van der Waals surface area (Å²) in [6.45, 7) is 0.501. The average Bonchev–Trinajstić information content (AvgIpc) is 2.33. The molecule has 1 amide bonds. The maximum absolute atomic E-state index is 12.1. The monoisotopic (exact) mass is 329 g/mol. The summed E-state index contributed by atoms with van der Waals surface area (Å²) in [7, 11) is 0. The Kier molecular flexibility index (Phi) is 6.46. The van der Waals surface area contributed by atoms with Crippen molar-refractivity contribution in [2.45, 2.75) is 57.2 Å². The lowest BCUT2D eigenvalue weighted by Gasteiger charge is -2.34. The van der Waals surface area contributed by atoms with Gasteiger partial charge in [0.2, 0.25) is 5.91 Å². The Morgan fingerprint density at radius 2 is 1.83 bits per heavy atom. The van der Waals surface area contributed by atoms with Crippen LogP contribution in [0.4, 0.5) is 13.2 Å². The van der Waals surface area contributed by atoms with Gasteiger partial charge in [0.1, 0.15) is 0 Å². The second-order valence-corrected chi connectivity index (χ2v) is 5.48. The first-order chi connectivity index (χ1) is 8.44. The maximum Gasteiger partial charge on any atom is 0.389 e. The van der Waals surface area contributed by atoms with Crippen molar-refractivity contribution in [2.75, 3.05) is 11.9 Å². The van der Waals surface area contributed by atoms with Crippen molar-refractivity contribution in [1.82, 2.24) is 4.90 Å². The quantitative estimate of drug-likeness (QED) is 0.701. The van der Waals surface area contributed by atoms with Crippen LogP contribution in [0.3, 0.4) is 0 Å². The van der Waals surface area contributed by atoms with Gasteiger partial charge in [-0.1, -0.05) is 35.2 Å². The fourth-order valence-corrected chi connectivity index (χ4v) is 2.77. The van der Waals surface area contributed by atoms with Crippen LogP contribution in [0.15, 0.2) is 0 Å². The molecular formula is C12H19BrF3NO. The highest BCUT2D eigenvalue weighted by Crippen LogP contribution is 2.26. The van der Waals surface area contributed by atoms with E-state index < -0.39 is 19.0 Å². The molecule has 2 nitrogen and oxygen atoms in total. The van der Waals surface area contributed by atoms with Crippen LogP contribution in [0.5, 0.6) is 0 Å². The van der Waals surface area contributed by atoms with Crippen molar-refractivity contribution in [3.8, 4) is 0 Å². The molecule has 0 aliphatic heterocycles. The van der Waals surface area contributed by atoms with Gasteiger partial charge in [-0.05, 0) is 12.8 Å². The molecular weight excluding hydrogens is 311 g/mol. The van der Waals surface area contributed by atoms with E-state index in [9.17, 15) is 18.0 Å². The van der Waals surface area contributed by atoms with Crippen LogP contribution < -0.4 is 0 Å². The fourth-order valence-electron chi connectivity index (χ4n) is 2.39. The number of alkyl halides is 4. The number of rotatable bonds is 5.